The van der Waals surface area contributed by atoms with E-state index in [-0.39, 0.29) is 11.7 Å². The van der Waals surface area contributed by atoms with Gasteiger partial charge in [0.1, 0.15) is 36.0 Å². The molecular formula is C50H99NO8S. The lowest BCUT2D eigenvalue weighted by atomic mass is 9.99. The van der Waals surface area contributed by atoms with Crippen molar-refractivity contribution in [1.29, 1.82) is 0 Å². The molecule has 0 aromatic rings. The highest BCUT2D eigenvalue weighted by atomic mass is 32.2. The first-order valence-electron chi connectivity index (χ1n) is 25.8. The highest BCUT2D eigenvalue weighted by molar-refractivity contribution is 7.99. The first-order chi connectivity index (χ1) is 29.3. The predicted molar refractivity (Wildman–Crippen MR) is 252 cm³/mol. The molecule has 1 aliphatic rings. The molecule has 7 N–H and O–H groups in total. The minimum absolute atomic E-state index is 0.116. The monoisotopic (exact) mass is 874 g/mol. The number of carbonyl (C=O) groups is 1. The number of ether oxygens (including phenoxy) is 1. The van der Waals surface area contributed by atoms with E-state index in [0.717, 1.165) is 50.3 Å². The van der Waals surface area contributed by atoms with Gasteiger partial charge in [-0.05, 0) is 12.8 Å². The lowest BCUT2D eigenvalue weighted by molar-refractivity contribution is -0.205. The maximum Gasteiger partial charge on any atom is 0.220 e. The van der Waals surface area contributed by atoms with E-state index in [9.17, 15) is 35.4 Å². The van der Waals surface area contributed by atoms with E-state index in [0.29, 0.717) is 12.8 Å². The third-order valence-electron chi connectivity index (χ3n) is 12.8. The molecule has 0 saturated carbocycles. The molecule has 358 valence electrons. The van der Waals surface area contributed by atoms with Crippen molar-refractivity contribution in [1.82, 2.24) is 5.32 Å². The summed E-state index contributed by atoms with van der Waals surface area (Å²) >= 11 is 1.09. The van der Waals surface area contributed by atoms with Gasteiger partial charge in [-0.15, -0.1) is 11.8 Å². The van der Waals surface area contributed by atoms with Crippen molar-refractivity contribution in [3.63, 3.8) is 0 Å². The minimum atomic E-state index is -1.50. The van der Waals surface area contributed by atoms with E-state index in [1.807, 2.05) is 0 Å². The van der Waals surface area contributed by atoms with Crippen LogP contribution in [-0.4, -0.2) is 97.0 Å². The molecular weight excluding hydrogens is 775 g/mol. The maximum absolute atomic E-state index is 13.1. The zero-order chi connectivity index (χ0) is 43.9. The zero-order valence-corrected chi connectivity index (χ0v) is 39.9. The van der Waals surface area contributed by atoms with Crippen LogP contribution in [0.1, 0.15) is 251 Å². The largest absolute Gasteiger partial charge is 0.394 e. The highest BCUT2D eigenvalue weighted by Gasteiger charge is 2.44. The smallest absolute Gasteiger partial charge is 0.220 e. The maximum atomic E-state index is 13.1. The Bertz CT molecular complexity index is 931. The van der Waals surface area contributed by atoms with Gasteiger partial charge in [-0.1, -0.05) is 232 Å². The molecule has 0 radical (unpaired) electrons. The van der Waals surface area contributed by atoms with Crippen molar-refractivity contribution in [2.24, 2.45) is 0 Å². The Morgan fingerprint density at radius 2 is 0.867 bits per heavy atom. The Morgan fingerprint density at radius 3 is 1.23 bits per heavy atom. The standard InChI is InChI=1S/C50H99NO8S/c1-3-5-7-9-11-13-15-17-18-19-20-21-22-23-24-25-26-27-29-31-33-35-37-39-45(54)51-42(41-60-50-49(58)48(57)47(56)44(40-52)59-50)46(55)43(53)38-36-34-32-30-28-16-14-12-10-8-6-4-2/h42-44,46-50,52-53,55-58H,3-41H2,1-2H3,(H,51,54)/t42-,43-,44?,46-,47-,48-,49?,50+/m0/s1. The molecule has 8 atom stereocenters. The molecule has 1 fully saturated rings. The summed E-state index contributed by atoms with van der Waals surface area (Å²) in [5.41, 5.74) is -0.982. The molecule has 1 amide bonds. The summed E-state index contributed by atoms with van der Waals surface area (Å²) in [5.74, 6) is -0.0701. The summed E-state index contributed by atoms with van der Waals surface area (Å²) < 4.78 is 5.65. The third-order valence-corrected chi connectivity index (χ3v) is 14.1. The molecule has 1 aliphatic heterocycles. The van der Waals surface area contributed by atoms with Crippen LogP contribution >= 0.6 is 11.8 Å². The van der Waals surface area contributed by atoms with Gasteiger partial charge in [-0.3, -0.25) is 4.79 Å². The summed E-state index contributed by atoms with van der Waals surface area (Å²) in [7, 11) is 0. The van der Waals surface area contributed by atoms with Crippen LogP contribution in [0.5, 0.6) is 0 Å². The second-order valence-corrected chi connectivity index (χ2v) is 19.6. The Balaban J connectivity index is 2.26. The summed E-state index contributed by atoms with van der Waals surface area (Å²) in [6.45, 7) is 4.00. The second-order valence-electron chi connectivity index (χ2n) is 18.5. The first kappa shape index (κ1) is 57.6. The lowest BCUT2D eigenvalue weighted by Gasteiger charge is -2.40. The van der Waals surface area contributed by atoms with Crippen molar-refractivity contribution in [3.05, 3.63) is 0 Å². The van der Waals surface area contributed by atoms with Gasteiger partial charge < -0.3 is 40.7 Å². The second kappa shape index (κ2) is 41.3. The topological polar surface area (TPSA) is 160 Å². The fourth-order valence-electron chi connectivity index (χ4n) is 8.61. The van der Waals surface area contributed by atoms with Gasteiger partial charge in [0, 0.05) is 12.2 Å². The number of unbranched alkanes of at least 4 members (excludes halogenated alkanes) is 33. The van der Waals surface area contributed by atoms with Gasteiger partial charge in [0.25, 0.3) is 0 Å². The molecule has 1 saturated heterocycles. The van der Waals surface area contributed by atoms with Gasteiger partial charge in [0.15, 0.2) is 0 Å². The van der Waals surface area contributed by atoms with Crippen LogP contribution in [0, 0.1) is 0 Å². The van der Waals surface area contributed by atoms with Crippen LogP contribution in [0.4, 0.5) is 0 Å². The number of carbonyl (C=O) groups excluding carboxylic acids is 1. The first-order valence-corrected chi connectivity index (χ1v) is 26.9. The van der Waals surface area contributed by atoms with E-state index in [4.69, 9.17) is 4.74 Å². The van der Waals surface area contributed by atoms with Crippen LogP contribution in [0.2, 0.25) is 0 Å². The van der Waals surface area contributed by atoms with Crippen LogP contribution < -0.4 is 5.32 Å². The fourth-order valence-corrected chi connectivity index (χ4v) is 9.87. The number of aliphatic hydroxyl groups is 6. The fraction of sp³-hybridized carbons (Fsp3) is 0.980. The average Bonchev–Trinajstić information content (AvgIpc) is 3.25. The van der Waals surface area contributed by atoms with Crippen molar-refractivity contribution < 1.29 is 40.2 Å². The van der Waals surface area contributed by atoms with Crippen LogP contribution in [0.25, 0.3) is 0 Å². The van der Waals surface area contributed by atoms with Crippen molar-refractivity contribution in [2.45, 2.75) is 300 Å². The van der Waals surface area contributed by atoms with Crippen molar-refractivity contribution in [2.75, 3.05) is 12.4 Å². The van der Waals surface area contributed by atoms with E-state index in [1.165, 1.54) is 186 Å². The number of hydrogen-bond acceptors (Lipinski definition) is 9. The SMILES string of the molecule is CCCCCCCCCCCCCCCCCCCCCCCCCC(=O)N[C@@H](CS[C@H]1OC(CO)[C@H](O)[C@H](O)C1O)[C@H](O)[C@@H](O)CCCCCCCCCCCCCC. The molecule has 0 spiro atoms. The third kappa shape index (κ3) is 30.6. The molecule has 10 heteroatoms. The Morgan fingerprint density at radius 1 is 0.517 bits per heavy atom. The van der Waals surface area contributed by atoms with E-state index < -0.39 is 54.7 Å². The summed E-state index contributed by atoms with van der Waals surface area (Å²) in [6.07, 6.45) is 38.0. The average molecular weight is 874 g/mol. The van der Waals surface area contributed by atoms with Crippen molar-refractivity contribution >= 4 is 17.7 Å². The minimum Gasteiger partial charge on any atom is -0.394 e. The molecule has 9 nitrogen and oxygen atoms in total. The number of thioether (sulfide) groups is 1. The van der Waals surface area contributed by atoms with Crippen molar-refractivity contribution in [3.8, 4) is 0 Å². The van der Waals surface area contributed by atoms with Crippen LogP contribution in [-0.2, 0) is 9.53 Å². The molecule has 2 unspecified atom stereocenters. The summed E-state index contributed by atoms with van der Waals surface area (Å²) in [6, 6.07) is -0.799. The molecule has 0 aliphatic carbocycles. The molecule has 0 bridgehead atoms. The molecule has 60 heavy (non-hydrogen) atoms. The number of aliphatic hydroxyl groups excluding tert-OH is 6. The normalized spacial score (nSPS) is 21.0. The van der Waals surface area contributed by atoms with Gasteiger partial charge in [-0.2, -0.15) is 0 Å². The Kier molecular flexibility index (Phi) is 39.6. The van der Waals surface area contributed by atoms with Gasteiger partial charge in [0.2, 0.25) is 5.91 Å². The highest BCUT2D eigenvalue weighted by Crippen LogP contribution is 2.30. The molecule has 1 heterocycles. The number of hydrogen-bond donors (Lipinski definition) is 7. The number of rotatable bonds is 44. The van der Waals surface area contributed by atoms with E-state index in [1.54, 1.807) is 0 Å². The van der Waals surface area contributed by atoms with Gasteiger partial charge >= 0.3 is 0 Å². The number of nitrogens with one attached hydrogen (secondary N) is 1. The molecule has 0 aromatic heterocycles. The zero-order valence-electron chi connectivity index (χ0n) is 39.1. The molecule has 1 rings (SSSR count). The van der Waals surface area contributed by atoms with Crippen LogP contribution in [0.15, 0.2) is 0 Å². The summed E-state index contributed by atoms with van der Waals surface area (Å²) in [5, 5.41) is 65.7. The molecule has 0 aromatic carbocycles. The Labute approximate surface area is 373 Å². The number of amides is 1. The van der Waals surface area contributed by atoms with Gasteiger partial charge in [0.05, 0.1) is 18.8 Å². The van der Waals surface area contributed by atoms with Gasteiger partial charge in [-0.25, -0.2) is 0 Å². The van der Waals surface area contributed by atoms with Crippen LogP contribution in [0.3, 0.4) is 0 Å². The predicted octanol–water partition coefficient (Wildman–Crippen LogP) is 11.2. The quantitative estimate of drug-likeness (QED) is 0.0296. The lowest BCUT2D eigenvalue weighted by Crippen LogP contribution is -2.58. The Hall–Kier alpha value is -0.460. The summed E-state index contributed by atoms with van der Waals surface area (Å²) in [4.78, 5) is 13.1. The van der Waals surface area contributed by atoms with E-state index >= 15 is 0 Å². The van der Waals surface area contributed by atoms with E-state index in [2.05, 4.69) is 19.2 Å².